The van der Waals surface area contributed by atoms with Gasteiger partial charge in [-0.1, -0.05) is 0 Å². The first-order valence-electron chi connectivity index (χ1n) is 3.53. The molecule has 0 fully saturated rings. The van der Waals surface area contributed by atoms with Gasteiger partial charge in [0.25, 0.3) is 0 Å². The van der Waals surface area contributed by atoms with Crippen molar-refractivity contribution in [2.24, 2.45) is 0 Å². The van der Waals surface area contributed by atoms with Gasteiger partial charge < -0.3 is 0 Å². The van der Waals surface area contributed by atoms with Gasteiger partial charge in [-0.3, -0.25) is 4.68 Å². The zero-order valence-corrected chi connectivity index (χ0v) is 9.25. The molecular formula is C8H7IN2S. The monoisotopic (exact) mass is 290 g/mol. The summed E-state index contributed by atoms with van der Waals surface area (Å²) in [5.41, 5.74) is 1.32. The molecule has 0 amide bonds. The largest absolute Gasteiger partial charge is 0.267 e. The van der Waals surface area contributed by atoms with Crippen molar-refractivity contribution in [2.45, 2.75) is 6.54 Å². The summed E-state index contributed by atoms with van der Waals surface area (Å²) in [5, 5.41) is 8.44. The van der Waals surface area contributed by atoms with Crippen molar-refractivity contribution in [3.63, 3.8) is 0 Å². The van der Waals surface area contributed by atoms with Gasteiger partial charge >= 0.3 is 0 Å². The van der Waals surface area contributed by atoms with Gasteiger partial charge in [0.05, 0.1) is 16.3 Å². The van der Waals surface area contributed by atoms with E-state index in [-0.39, 0.29) is 0 Å². The van der Waals surface area contributed by atoms with Gasteiger partial charge in [0.15, 0.2) is 0 Å². The molecule has 0 aliphatic carbocycles. The molecule has 0 N–H and O–H groups in total. The van der Waals surface area contributed by atoms with Crippen molar-refractivity contribution < 1.29 is 0 Å². The van der Waals surface area contributed by atoms with Crippen LogP contribution in [0.1, 0.15) is 5.56 Å². The van der Waals surface area contributed by atoms with E-state index in [1.54, 1.807) is 11.3 Å². The van der Waals surface area contributed by atoms with Gasteiger partial charge in [0.1, 0.15) is 0 Å². The van der Waals surface area contributed by atoms with Crippen molar-refractivity contribution in [1.29, 1.82) is 0 Å². The molecule has 0 atom stereocenters. The second kappa shape index (κ2) is 3.57. The summed E-state index contributed by atoms with van der Waals surface area (Å²) in [4.78, 5) is 0. The first-order valence-corrected chi connectivity index (χ1v) is 5.56. The van der Waals surface area contributed by atoms with Crippen LogP contribution in [0.5, 0.6) is 0 Å². The third-order valence-electron chi connectivity index (χ3n) is 1.53. The molecule has 0 aromatic carbocycles. The van der Waals surface area contributed by atoms with Gasteiger partial charge in [-0.25, -0.2) is 0 Å². The maximum Gasteiger partial charge on any atom is 0.0667 e. The second-order valence-corrected chi connectivity index (χ2v) is 4.51. The predicted octanol–water partition coefficient (Wildman–Crippen LogP) is 2.60. The standard InChI is InChI=1S/C8H7IN2S/c9-8-3-10-11(5-8)4-7-1-2-12-6-7/h1-3,5-6H,4H2. The minimum atomic E-state index is 0.881. The summed E-state index contributed by atoms with van der Waals surface area (Å²) in [6, 6.07) is 2.12. The number of nitrogens with zero attached hydrogens (tertiary/aromatic N) is 2. The van der Waals surface area contributed by atoms with E-state index in [1.807, 2.05) is 17.1 Å². The Labute approximate surface area is 88.4 Å². The van der Waals surface area contributed by atoms with Crippen LogP contribution < -0.4 is 0 Å². The quantitative estimate of drug-likeness (QED) is 0.777. The Morgan fingerprint density at radius 1 is 1.58 bits per heavy atom. The number of halogens is 1. The fourth-order valence-corrected chi connectivity index (χ4v) is 2.10. The molecule has 2 nitrogen and oxygen atoms in total. The van der Waals surface area contributed by atoms with Crippen LogP contribution >= 0.6 is 33.9 Å². The summed E-state index contributed by atoms with van der Waals surface area (Å²) in [5.74, 6) is 0. The molecule has 2 aromatic rings. The average molecular weight is 290 g/mol. The maximum atomic E-state index is 4.20. The van der Waals surface area contributed by atoms with Crippen molar-refractivity contribution in [3.8, 4) is 0 Å². The summed E-state index contributed by atoms with van der Waals surface area (Å²) in [6.45, 7) is 0.881. The Balaban J connectivity index is 2.14. The summed E-state index contributed by atoms with van der Waals surface area (Å²) in [6.07, 6.45) is 3.91. The van der Waals surface area contributed by atoms with E-state index < -0.39 is 0 Å². The lowest BCUT2D eigenvalue weighted by atomic mass is 10.3. The summed E-state index contributed by atoms with van der Waals surface area (Å²) in [7, 11) is 0. The van der Waals surface area contributed by atoms with Crippen molar-refractivity contribution >= 4 is 33.9 Å². The first-order chi connectivity index (χ1) is 5.84. The number of hydrogen-bond donors (Lipinski definition) is 0. The molecule has 62 valence electrons. The highest BCUT2D eigenvalue weighted by atomic mass is 127. The lowest BCUT2D eigenvalue weighted by molar-refractivity contribution is 0.688. The van der Waals surface area contributed by atoms with Gasteiger partial charge in [-0.05, 0) is 45.0 Å². The minimum absolute atomic E-state index is 0.881. The highest BCUT2D eigenvalue weighted by Gasteiger charge is 1.96. The number of aromatic nitrogens is 2. The summed E-state index contributed by atoms with van der Waals surface area (Å²) < 4.78 is 3.13. The van der Waals surface area contributed by atoms with E-state index >= 15 is 0 Å². The highest BCUT2D eigenvalue weighted by Crippen LogP contribution is 2.08. The molecule has 2 heterocycles. The maximum absolute atomic E-state index is 4.20. The fraction of sp³-hybridized carbons (Fsp3) is 0.125. The lowest BCUT2D eigenvalue weighted by Crippen LogP contribution is -1.97. The van der Waals surface area contributed by atoms with Gasteiger partial charge in [0, 0.05) is 6.20 Å². The van der Waals surface area contributed by atoms with Crippen molar-refractivity contribution in [2.75, 3.05) is 0 Å². The van der Waals surface area contributed by atoms with Gasteiger partial charge in [-0.15, -0.1) is 0 Å². The van der Waals surface area contributed by atoms with Gasteiger partial charge in [0.2, 0.25) is 0 Å². The molecule has 0 saturated carbocycles. The van der Waals surface area contributed by atoms with Crippen LogP contribution in [0.2, 0.25) is 0 Å². The molecular weight excluding hydrogens is 283 g/mol. The minimum Gasteiger partial charge on any atom is -0.267 e. The van der Waals surface area contributed by atoms with Crippen LogP contribution in [0.25, 0.3) is 0 Å². The van der Waals surface area contributed by atoms with E-state index in [0.717, 1.165) is 6.54 Å². The Kier molecular flexibility index (Phi) is 2.45. The third-order valence-corrected chi connectivity index (χ3v) is 2.82. The lowest BCUT2D eigenvalue weighted by Gasteiger charge is -1.96. The molecule has 0 aliphatic rings. The molecule has 0 aliphatic heterocycles. The summed E-state index contributed by atoms with van der Waals surface area (Å²) >= 11 is 3.98. The van der Waals surface area contributed by atoms with Crippen LogP contribution in [0, 0.1) is 3.57 Å². The van der Waals surface area contributed by atoms with Gasteiger partial charge in [-0.2, -0.15) is 16.4 Å². The fourth-order valence-electron chi connectivity index (χ4n) is 0.994. The molecule has 2 rings (SSSR count). The normalized spacial score (nSPS) is 10.4. The van der Waals surface area contributed by atoms with E-state index in [1.165, 1.54) is 9.13 Å². The topological polar surface area (TPSA) is 17.8 Å². The van der Waals surface area contributed by atoms with E-state index in [2.05, 4.69) is 44.5 Å². The second-order valence-electron chi connectivity index (χ2n) is 2.49. The molecule has 0 bridgehead atoms. The molecule has 0 saturated heterocycles. The van der Waals surface area contributed by atoms with E-state index in [4.69, 9.17) is 0 Å². The Hall–Kier alpha value is -0.360. The molecule has 4 heteroatoms. The van der Waals surface area contributed by atoms with Crippen LogP contribution in [0.4, 0.5) is 0 Å². The number of rotatable bonds is 2. The van der Waals surface area contributed by atoms with E-state index in [9.17, 15) is 0 Å². The highest BCUT2D eigenvalue weighted by molar-refractivity contribution is 14.1. The smallest absolute Gasteiger partial charge is 0.0667 e. The predicted molar refractivity (Wildman–Crippen MR) is 58.4 cm³/mol. The zero-order chi connectivity index (χ0) is 8.39. The van der Waals surface area contributed by atoms with Crippen LogP contribution in [0.3, 0.4) is 0 Å². The Morgan fingerprint density at radius 3 is 3.08 bits per heavy atom. The number of hydrogen-bond acceptors (Lipinski definition) is 2. The molecule has 0 unspecified atom stereocenters. The molecule has 0 radical (unpaired) electrons. The number of thiophene rings is 1. The molecule has 12 heavy (non-hydrogen) atoms. The molecule has 0 spiro atoms. The Bertz CT molecular complexity index is 353. The SMILES string of the molecule is Ic1cnn(Cc2ccsc2)c1. The Morgan fingerprint density at radius 2 is 2.50 bits per heavy atom. The van der Waals surface area contributed by atoms with Crippen molar-refractivity contribution in [1.82, 2.24) is 9.78 Å². The third kappa shape index (κ3) is 1.87. The van der Waals surface area contributed by atoms with Crippen LogP contribution in [-0.2, 0) is 6.54 Å². The van der Waals surface area contributed by atoms with Crippen molar-refractivity contribution in [3.05, 3.63) is 38.4 Å². The van der Waals surface area contributed by atoms with Crippen LogP contribution in [0.15, 0.2) is 29.2 Å². The zero-order valence-electron chi connectivity index (χ0n) is 6.27. The first kappa shape index (κ1) is 8.25. The average Bonchev–Trinajstić information content (AvgIpc) is 2.63. The molecule has 2 aromatic heterocycles. The van der Waals surface area contributed by atoms with Crippen LogP contribution in [-0.4, -0.2) is 9.78 Å². The van der Waals surface area contributed by atoms with E-state index in [0.29, 0.717) is 0 Å².